The van der Waals surface area contributed by atoms with E-state index in [1.165, 1.54) is 11.1 Å². The Labute approximate surface area is 114 Å². The monoisotopic (exact) mass is 262 g/mol. The van der Waals surface area contributed by atoms with Crippen molar-refractivity contribution in [2.24, 2.45) is 0 Å². The molecule has 19 heavy (non-hydrogen) atoms. The van der Waals surface area contributed by atoms with E-state index in [-0.39, 0.29) is 5.92 Å². The van der Waals surface area contributed by atoms with Gasteiger partial charge in [0.25, 0.3) is 0 Å². The molecule has 3 nitrogen and oxygen atoms in total. The lowest BCUT2D eigenvalue weighted by molar-refractivity contribution is -0.0433. The molecule has 2 atom stereocenters. The summed E-state index contributed by atoms with van der Waals surface area (Å²) in [5.74, 6) is 0.170. The molecular formula is C16H22O3. The third-order valence-electron chi connectivity index (χ3n) is 4.26. The molecule has 0 spiro atoms. The molecule has 1 aromatic rings. The number of ether oxygens (including phenoxy) is 1. The summed E-state index contributed by atoms with van der Waals surface area (Å²) in [6, 6.07) is 8.51. The van der Waals surface area contributed by atoms with E-state index in [0.29, 0.717) is 0 Å². The van der Waals surface area contributed by atoms with Crippen LogP contribution < -0.4 is 0 Å². The van der Waals surface area contributed by atoms with Gasteiger partial charge in [0, 0.05) is 5.92 Å². The number of benzene rings is 1. The molecule has 1 aliphatic carbocycles. The summed E-state index contributed by atoms with van der Waals surface area (Å²) in [5, 5.41) is 8.96. The van der Waals surface area contributed by atoms with E-state index in [1.807, 2.05) is 6.92 Å². The molecule has 3 heteroatoms. The summed E-state index contributed by atoms with van der Waals surface area (Å²) in [7, 11) is 0. The third-order valence-corrected chi connectivity index (χ3v) is 4.26. The van der Waals surface area contributed by atoms with Gasteiger partial charge in [-0.2, -0.15) is 0 Å². The van der Waals surface area contributed by atoms with Crippen molar-refractivity contribution in [3.05, 3.63) is 35.4 Å². The molecule has 0 aromatic heterocycles. The summed E-state index contributed by atoms with van der Waals surface area (Å²) in [6.07, 6.45) is 3.83. The standard InChI is InChI=1S/C16H22O3/c1-3-12-7-9-13(10-8-12)14-6-4-5-11-16(14,2)19-15(17)18/h7-10,14H,3-6,11H2,1-2H3,(H,17,18). The van der Waals surface area contributed by atoms with Gasteiger partial charge in [-0.1, -0.05) is 37.6 Å². The number of carbonyl (C=O) groups is 1. The van der Waals surface area contributed by atoms with Crippen LogP contribution in [0, 0.1) is 0 Å². The van der Waals surface area contributed by atoms with Gasteiger partial charge in [0.2, 0.25) is 0 Å². The Kier molecular flexibility index (Phi) is 4.13. The second-order valence-electron chi connectivity index (χ2n) is 5.57. The average molecular weight is 262 g/mol. The third kappa shape index (κ3) is 3.09. The van der Waals surface area contributed by atoms with Crippen LogP contribution in [0.2, 0.25) is 0 Å². The molecule has 1 N–H and O–H groups in total. The Balaban J connectivity index is 2.25. The molecule has 104 valence electrons. The van der Waals surface area contributed by atoms with Gasteiger partial charge >= 0.3 is 6.16 Å². The van der Waals surface area contributed by atoms with E-state index in [9.17, 15) is 4.79 Å². The van der Waals surface area contributed by atoms with E-state index in [4.69, 9.17) is 9.84 Å². The first-order valence-corrected chi connectivity index (χ1v) is 7.06. The van der Waals surface area contributed by atoms with Crippen LogP contribution >= 0.6 is 0 Å². The summed E-state index contributed by atoms with van der Waals surface area (Å²) in [5.41, 5.74) is 1.92. The molecule has 1 saturated carbocycles. The zero-order chi connectivity index (χ0) is 13.9. The quantitative estimate of drug-likeness (QED) is 0.823. The van der Waals surface area contributed by atoms with Crippen molar-refractivity contribution in [1.82, 2.24) is 0 Å². The first-order valence-electron chi connectivity index (χ1n) is 7.06. The lowest BCUT2D eigenvalue weighted by Crippen LogP contribution is -2.40. The van der Waals surface area contributed by atoms with E-state index in [0.717, 1.165) is 32.1 Å². The number of hydrogen-bond acceptors (Lipinski definition) is 2. The fourth-order valence-corrected chi connectivity index (χ4v) is 3.13. The largest absolute Gasteiger partial charge is 0.506 e. The van der Waals surface area contributed by atoms with Crippen LogP contribution in [0.5, 0.6) is 0 Å². The first-order chi connectivity index (χ1) is 9.05. The highest BCUT2D eigenvalue weighted by Gasteiger charge is 2.40. The zero-order valence-corrected chi connectivity index (χ0v) is 11.7. The molecule has 0 heterocycles. The van der Waals surface area contributed by atoms with Gasteiger partial charge < -0.3 is 9.84 Å². The fourth-order valence-electron chi connectivity index (χ4n) is 3.13. The molecule has 0 saturated heterocycles. The van der Waals surface area contributed by atoms with E-state index >= 15 is 0 Å². The summed E-state index contributed by atoms with van der Waals surface area (Å²) in [4.78, 5) is 10.9. The van der Waals surface area contributed by atoms with Crippen molar-refractivity contribution in [3.63, 3.8) is 0 Å². The zero-order valence-electron chi connectivity index (χ0n) is 11.7. The highest BCUT2D eigenvalue weighted by atomic mass is 16.7. The Morgan fingerprint density at radius 2 is 2.05 bits per heavy atom. The minimum Gasteiger partial charge on any atom is -0.450 e. The Bertz CT molecular complexity index is 438. The second kappa shape index (κ2) is 5.64. The van der Waals surface area contributed by atoms with Gasteiger partial charge in [-0.15, -0.1) is 0 Å². The maximum atomic E-state index is 10.9. The second-order valence-corrected chi connectivity index (χ2v) is 5.57. The Hall–Kier alpha value is -1.51. The highest BCUT2D eigenvalue weighted by Crippen LogP contribution is 2.43. The topological polar surface area (TPSA) is 46.5 Å². The maximum absolute atomic E-state index is 10.9. The fraction of sp³-hybridized carbons (Fsp3) is 0.562. The lowest BCUT2D eigenvalue weighted by atomic mass is 9.73. The van der Waals surface area contributed by atoms with Crippen LogP contribution in [0.4, 0.5) is 4.79 Å². The van der Waals surface area contributed by atoms with Crippen molar-refractivity contribution in [2.45, 2.75) is 57.5 Å². The molecular weight excluding hydrogens is 240 g/mol. The van der Waals surface area contributed by atoms with Crippen LogP contribution in [0.1, 0.15) is 56.6 Å². The number of hydrogen-bond donors (Lipinski definition) is 1. The van der Waals surface area contributed by atoms with E-state index in [1.54, 1.807) is 0 Å². The number of aryl methyl sites for hydroxylation is 1. The molecule has 0 amide bonds. The van der Waals surface area contributed by atoms with Gasteiger partial charge in [0.1, 0.15) is 5.60 Å². The average Bonchev–Trinajstić information content (AvgIpc) is 2.38. The molecule has 2 unspecified atom stereocenters. The van der Waals surface area contributed by atoms with Crippen LogP contribution in [0.25, 0.3) is 0 Å². The van der Waals surface area contributed by atoms with E-state index < -0.39 is 11.8 Å². The van der Waals surface area contributed by atoms with Crippen LogP contribution in [-0.2, 0) is 11.2 Å². The molecule has 2 rings (SSSR count). The van der Waals surface area contributed by atoms with Gasteiger partial charge in [-0.05, 0) is 43.7 Å². The summed E-state index contributed by atoms with van der Waals surface area (Å²) >= 11 is 0. The molecule has 1 aromatic carbocycles. The lowest BCUT2D eigenvalue weighted by Gasteiger charge is -2.40. The number of rotatable bonds is 3. The van der Waals surface area contributed by atoms with E-state index in [2.05, 4.69) is 31.2 Å². The highest BCUT2D eigenvalue weighted by molar-refractivity contribution is 5.58. The molecule has 0 bridgehead atoms. The van der Waals surface area contributed by atoms with Crippen LogP contribution in [0.3, 0.4) is 0 Å². The van der Waals surface area contributed by atoms with Crippen LogP contribution in [0.15, 0.2) is 24.3 Å². The van der Waals surface area contributed by atoms with Crippen molar-refractivity contribution in [2.75, 3.05) is 0 Å². The van der Waals surface area contributed by atoms with Gasteiger partial charge in [0.05, 0.1) is 0 Å². The van der Waals surface area contributed by atoms with Crippen molar-refractivity contribution >= 4 is 6.16 Å². The molecule has 0 radical (unpaired) electrons. The molecule has 1 fully saturated rings. The van der Waals surface area contributed by atoms with Crippen LogP contribution in [-0.4, -0.2) is 16.9 Å². The van der Waals surface area contributed by atoms with Crippen molar-refractivity contribution in [1.29, 1.82) is 0 Å². The number of carboxylic acid groups (broad SMARTS) is 1. The maximum Gasteiger partial charge on any atom is 0.506 e. The van der Waals surface area contributed by atoms with Crippen molar-refractivity contribution < 1.29 is 14.6 Å². The predicted octanol–water partition coefficient (Wildman–Crippen LogP) is 4.36. The summed E-state index contributed by atoms with van der Waals surface area (Å²) in [6.45, 7) is 4.06. The smallest absolute Gasteiger partial charge is 0.450 e. The van der Waals surface area contributed by atoms with Gasteiger partial charge in [-0.3, -0.25) is 0 Å². The minimum atomic E-state index is -1.17. The Morgan fingerprint density at radius 1 is 1.37 bits per heavy atom. The SMILES string of the molecule is CCc1ccc(C2CCCCC2(C)OC(=O)O)cc1. The van der Waals surface area contributed by atoms with Gasteiger partial charge in [-0.25, -0.2) is 4.79 Å². The normalized spacial score (nSPS) is 26.9. The minimum absolute atomic E-state index is 0.170. The molecule has 0 aliphatic heterocycles. The predicted molar refractivity (Wildman–Crippen MR) is 74.5 cm³/mol. The van der Waals surface area contributed by atoms with Crippen molar-refractivity contribution in [3.8, 4) is 0 Å². The summed E-state index contributed by atoms with van der Waals surface area (Å²) < 4.78 is 5.22. The Morgan fingerprint density at radius 3 is 2.63 bits per heavy atom. The van der Waals surface area contributed by atoms with Gasteiger partial charge in [0.15, 0.2) is 0 Å². The first kappa shape index (κ1) is 13.9. The molecule has 1 aliphatic rings.